The first-order valence-corrected chi connectivity index (χ1v) is 7.98. The lowest BCUT2D eigenvalue weighted by atomic mass is 9.93. The fourth-order valence-electron chi connectivity index (χ4n) is 1.62. The van der Waals surface area contributed by atoms with Crippen LogP contribution in [0.15, 0.2) is 5.38 Å². The van der Waals surface area contributed by atoms with Gasteiger partial charge in [-0.25, -0.2) is 4.98 Å². The molecule has 0 saturated heterocycles. The molecule has 1 rings (SSSR count). The molecule has 0 aliphatic carbocycles. The average molecular weight is 289 g/mol. The zero-order valence-electron chi connectivity index (χ0n) is 12.1. The Balaban J connectivity index is 2.61. The number of hydrogen-bond donors (Lipinski definition) is 1. The normalized spacial score (nSPS) is 15.7. The molecule has 18 heavy (non-hydrogen) atoms. The highest BCUT2D eigenvalue weighted by Crippen LogP contribution is 2.24. The molecule has 0 aromatic carbocycles. The molecule has 1 aromatic rings. The van der Waals surface area contributed by atoms with Crippen molar-refractivity contribution in [3.63, 3.8) is 0 Å². The second-order valence-corrected chi connectivity index (χ2v) is 7.40. The molecule has 0 radical (unpaired) electrons. The number of rotatable bonds is 6. The minimum atomic E-state index is 0.120. The maximum absolute atomic E-state index is 5.86. The first kappa shape index (κ1) is 15.9. The predicted molar refractivity (Wildman–Crippen MR) is 81.7 cm³/mol. The van der Waals surface area contributed by atoms with E-state index in [1.807, 2.05) is 0 Å². The van der Waals surface area contributed by atoms with E-state index in [9.17, 15) is 0 Å². The molecule has 0 aliphatic heterocycles. The largest absolute Gasteiger partial charge is 0.305 e. The Hall–Kier alpha value is -0.120. The molecule has 0 spiro atoms. The van der Waals surface area contributed by atoms with E-state index < -0.39 is 0 Å². The maximum atomic E-state index is 5.86. The standard InChI is InChI=1S/C14H25ClN2S/c1-6-14(5,7-8-15)16-9-12-17-11(10-18-12)13(2,3)4/h10,16H,6-9H2,1-5H3. The van der Waals surface area contributed by atoms with E-state index in [0.29, 0.717) is 5.88 Å². The zero-order chi connectivity index (χ0) is 13.8. The van der Waals surface area contributed by atoms with Crippen molar-refractivity contribution in [3.05, 3.63) is 16.1 Å². The van der Waals surface area contributed by atoms with Gasteiger partial charge in [0.25, 0.3) is 0 Å². The molecule has 1 N–H and O–H groups in total. The number of halogens is 1. The van der Waals surface area contributed by atoms with Gasteiger partial charge in [-0.3, -0.25) is 0 Å². The molecular weight excluding hydrogens is 264 g/mol. The van der Waals surface area contributed by atoms with Crippen LogP contribution in [-0.4, -0.2) is 16.4 Å². The van der Waals surface area contributed by atoms with Gasteiger partial charge < -0.3 is 5.32 Å². The van der Waals surface area contributed by atoms with Crippen molar-refractivity contribution < 1.29 is 0 Å². The molecule has 0 fully saturated rings. The van der Waals surface area contributed by atoms with Crippen LogP contribution in [0.4, 0.5) is 0 Å². The van der Waals surface area contributed by atoms with Crippen LogP contribution in [0.5, 0.6) is 0 Å². The summed E-state index contributed by atoms with van der Waals surface area (Å²) in [6.45, 7) is 11.9. The van der Waals surface area contributed by atoms with E-state index in [0.717, 1.165) is 24.4 Å². The van der Waals surface area contributed by atoms with Crippen LogP contribution in [0.2, 0.25) is 0 Å². The highest BCUT2D eigenvalue weighted by atomic mass is 35.5. The molecule has 2 nitrogen and oxygen atoms in total. The van der Waals surface area contributed by atoms with Crippen LogP contribution in [0, 0.1) is 0 Å². The number of thiazole rings is 1. The summed E-state index contributed by atoms with van der Waals surface area (Å²) in [4.78, 5) is 4.70. The molecule has 4 heteroatoms. The summed E-state index contributed by atoms with van der Waals surface area (Å²) in [5.41, 5.74) is 1.44. The molecule has 1 atom stereocenters. The van der Waals surface area contributed by atoms with Crippen LogP contribution >= 0.6 is 22.9 Å². The van der Waals surface area contributed by atoms with Gasteiger partial charge in [-0.15, -0.1) is 22.9 Å². The Morgan fingerprint density at radius 1 is 1.33 bits per heavy atom. The second-order valence-electron chi connectivity index (χ2n) is 6.08. The van der Waals surface area contributed by atoms with Crippen molar-refractivity contribution in [2.45, 2.75) is 65.0 Å². The summed E-state index contributed by atoms with van der Waals surface area (Å²) >= 11 is 7.60. The van der Waals surface area contributed by atoms with Gasteiger partial charge in [0.05, 0.1) is 5.69 Å². The number of alkyl halides is 1. The van der Waals surface area contributed by atoms with Gasteiger partial charge in [0.15, 0.2) is 0 Å². The summed E-state index contributed by atoms with van der Waals surface area (Å²) in [7, 11) is 0. The van der Waals surface area contributed by atoms with Crippen LogP contribution in [-0.2, 0) is 12.0 Å². The minimum Gasteiger partial charge on any atom is -0.305 e. The number of nitrogens with one attached hydrogen (secondary N) is 1. The lowest BCUT2D eigenvalue weighted by molar-refractivity contribution is 0.330. The smallest absolute Gasteiger partial charge is 0.107 e. The van der Waals surface area contributed by atoms with Crippen LogP contribution < -0.4 is 5.32 Å². The van der Waals surface area contributed by atoms with E-state index >= 15 is 0 Å². The van der Waals surface area contributed by atoms with E-state index in [1.54, 1.807) is 11.3 Å². The first-order valence-electron chi connectivity index (χ1n) is 6.56. The van der Waals surface area contributed by atoms with Gasteiger partial charge in [-0.2, -0.15) is 0 Å². The SMILES string of the molecule is CCC(C)(CCCl)NCc1nc(C(C)(C)C)cs1. The topological polar surface area (TPSA) is 24.9 Å². The number of nitrogens with zero attached hydrogens (tertiary/aromatic N) is 1. The summed E-state index contributed by atoms with van der Waals surface area (Å²) in [6, 6.07) is 0. The summed E-state index contributed by atoms with van der Waals surface area (Å²) in [5.74, 6) is 0.697. The van der Waals surface area contributed by atoms with Crippen molar-refractivity contribution in [1.29, 1.82) is 0 Å². The van der Waals surface area contributed by atoms with Crippen LogP contribution in [0.3, 0.4) is 0 Å². The Labute approximate surface area is 120 Å². The molecule has 1 heterocycles. The van der Waals surface area contributed by atoms with Gasteiger partial charge in [-0.1, -0.05) is 27.7 Å². The molecule has 0 amide bonds. The van der Waals surface area contributed by atoms with Crippen molar-refractivity contribution in [2.24, 2.45) is 0 Å². The van der Waals surface area contributed by atoms with E-state index in [-0.39, 0.29) is 11.0 Å². The third-order valence-electron chi connectivity index (χ3n) is 3.41. The van der Waals surface area contributed by atoms with E-state index in [4.69, 9.17) is 16.6 Å². The monoisotopic (exact) mass is 288 g/mol. The maximum Gasteiger partial charge on any atom is 0.107 e. The molecule has 0 bridgehead atoms. The Bertz CT molecular complexity index is 370. The van der Waals surface area contributed by atoms with Crippen LogP contribution in [0.25, 0.3) is 0 Å². The Morgan fingerprint density at radius 2 is 2.00 bits per heavy atom. The van der Waals surface area contributed by atoms with E-state index in [1.165, 1.54) is 5.69 Å². The lowest BCUT2D eigenvalue weighted by Crippen LogP contribution is -2.41. The summed E-state index contributed by atoms with van der Waals surface area (Å²) in [5, 5.41) is 6.92. The molecular formula is C14H25ClN2S. The number of aromatic nitrogens is 1. The summed E-state index contributed by atoms with van der Waals surface area (Å²) < 4.78 is 0. The van der Waals surface area contributed by atoms with Crippen molar-refractivity contribution in [1.82, 2.24) is 10.3 Å². The third kappa shape index (κ3) is 4.52. The number of hydrogen-bond acceptors (Lipinski definition) is 3. The predicted octanol–water partition coefficient (Wildman–Crippen LogP) is 4.33. The third-order valence-corrected chi connectivity index (χ3v) is 4.45. The quantitative estimate of drug-likeness (QED) is 0.788. The molecule has 0 aliphatic rings. The van der Waals surface area contributed by atoms with Crippen molar-refractivity contribution in [2.75, 3.05) is 5.88 Å². The van der Waals surface area contributed by atoms with Gasteiger partial charge >= 0.3 is 0 Å². The Morgan fingerprint density at radius 3 is 2.44 bits per heavy atom. The second kappa shape index (κ2) is 6.36. The van der Waals surface area contributed by atoms with E-state index in [2.05, 4.69) is 45.3 Å². The Kier molecular flexibility index (Phi) is 5.63. The highest BCUT2D eigenvalue weighted by Gasteiger charge is 2.22. The van der Waals surface area contributed by atoms with Crippen molar-refractivity contribution >= 4 is 22.9 Å². The fraction of sp³-hybridized carbons (Fsp3) is 0.786. The molecule has 1 unspecified atom stereocenters. The van der Waals surface area contributed by atoms with Gasteiger partial charge in [0.2, 0.25) is 0 Å². The van der Waals surface area contributed by atoms with Crippen molar-refractivity contribution in [3.8, 4) is 0 Å². The average Bonchev–Trinajstić information content (AvgIpc) is 2.75. The van der Waals surface area contributed by atoms with Crippen LogP contribution in [0.1, 0.15) is 58.2 Å². The fourth-order valence-corrected chi connectivity index (χ4v) is 3.00. The van der Waals surface area contributed by atoms with Gasteiger partial charge in [0.1, 0.15) is 5.01 Å². The molecule has 104 valence electrons. The lowest BCUT2D eigenvalue weighted by Gasteiger charge is -2.28. The molecule has 1 aromatic heterocycles. The highest BCUT2D eigenvalue weighted by molar-refractivity contribution is 7.09. The van der Waals surface area contributed by atoms with Gasteiger partial charge in [-0.05, 0) is 19.8 Å². The molecule has 0 saturated carbocycles. The first-order chi connectivity index (χ1) is 8.30. The zero-order valence-corrected chi connectivity index (χ0v) is 13.7. The summed E-state index contributed by atoms with van der Waals surface area (Å²) in [6.07, 6.45) is 2.07. The van der Waals surface area contributed by atoms with Gasteiger partial charge in [0, 0.05) is 28.8 Å². The minimum absolute atomic E-state index is 0.120.